The summed E-state index contributed by atoms with van der Waals surface area (Å²) in [6.45, 7) is 3.01. The summed E-state index contributed by atoms with van der Waals surface area (Å²) in [7, 11) is 0. The second kappa shape index (κ2) is 5.75. The molecule has 3 N–H and O–H groups in total. The minimum Gasteiger partial charge on any atom is -0.397 e. The molecule has 0 radical (unpaired) electrons. The first-order valence-corrected chi connectivity index (χ1v) is 6.47. The molecule has 0 aliphatic rings. The Kier molecular flexibility index (Phi) is 4.06. The Balaban J connectivity index is 1.78. The molecule has 0 aliphatic carbocycles. The highest BCUT2D eigenvalue weighted by atomic mass is 32.1. The minimum absolute atomic E-state index is 0.295. The van der Waals surface area contributed by atoms with E-state index in [4.69, 9.17) is 5.73 Å². The molecule has 5 heteroatoms. The van der Waals surface area contributed by atoms with Crippen molar-refractivity contribution in [3.63, 3.8) is 0 Å². The van der Waals surface area contributed by atoms with Gasteiger partial charge in [0.1, 0.15) is 5.01 Å². The molecule has 0 aliphatic heterocycles. The van der Waals surface area contributed by atoms with Crippen LogP contribution in [0.25, 0.3) is 0 Å². The van der Waals surface area contributed by atoms with E-state index in [0.29, 0.717) is 11.7 Å². The Labute approximate surface area is 105 Å². The van der Waals surface area contributed by atoms with Crippen molar-refractivity contribution < 1.29 is 0 Å². The fourth-order valence-electron chi connectivity index (χ4n) is 1.54. The van der Waals surface area contributed by atoms with Gasteiger partial charge >= 0.3 is 0 Å². The highest BCUT2D eigenvalue weighted by Gasteiger charge is 2.06. The normalized spacial score (nSPS) is 12.5. The summed E-state index contributed by atoms with van der Waals surface area (Å²) in [6, 6.07) is 4.14. The first-order valence-electron chi connectivity index (χ1n) is 5.59. The van der Waals surface area contributed by atoms with Crippen LogP contribution in [-0.4, -0.2) is 16.5 Å². The Hall–Kier alpha value is -1.46. The maximum Gasteiger partial charge on any atom is 0.109 e. The van der Waals surface area contributed by atoms with Crippen molar-refractivity contribution in [2.45, 2.75) is 19.4 Å². The SMILES string of the molecule is CC(NCCc1ccc(N)cn1)c1nccs1. The maximum atomic E-state index is 5.58. The third-order valence-corrected chi connectivity index (χ3v) is 3.46. The van der Waals surface area contributed by atoms with E-state index in [1.54, 1.807) is 17.5 Å². The Bertz CT molecular complexity index is 438. The number of nitrogens with one attached hydrogen (secondary N) is 1. The van der Waals surface area contributed by atoms with Crippen LogP contribution in [0.4, 0.5) is 5.69 Å². The molecule has 1 atom stereocenters. The van der Waals surface area contributed by atoms with Gasteiger partial charge < -0.3 is 11.1 Å². The van der Waals surface area contributed by atoms with E-state index >= 15 is 0 Å². The van der Waals surface area contributed by atoms with Crippen LogP contribution >= 0.6 is 11.3 Å². The highest BCUT2D eigenvalue weighted by Crippen LogP contribution is 2.14. The standard InChI is InChI=1S/C12H16N4S/c1-9(12-15-6-7-17-12)14-5-4-11-3-2-10(13)8-16-11/h2-3,6-9,14H,4-5,13H2,1H3. The molecule has 0 spiro atoms. The van der Waals surface area contributed by atoms with Gasteiger partial charge in [-0.25, -0.2) is 4.98 Å². The van der Waals surface area contributed by atoms with Crippen LogP contribution in [0.15, 0.2) is 29.9 Å². The van der Waals surface area contributed by atoms with Crippen LogP contribution in [0.2, 0.25) is 0 Å². The number of aromatic nitrogens is 2. The average molecular weight is 248 g/mol. The van der Waals surface area contributed by atoms with E-state index in [2.05, 4.69) is 22.2 Å². The van der Waals surface area contributed by atoms with Gasteiger partial charge in [-0.05, 0) is 19.1 Å². The number of nitrogen functional groups attached to an aromatic ring is 1. The van der Waals surface area contributed by atoms with Gasteiger partial charge in [0.25, 0.3) is 0 Å². The molecule has 2 rings (SSSR count). The topological polar surface area (TPSA) is 63.8 Å². The second-order valence-corrected chi connectivity index (χ2v) is 4.81. The van der Waals surface area contributed by atoms with Crippen molar-refractivity contribution in [1.29, 1.82) is 0 Å². The molecule has 0 aromatic carbocycles. The van der Waals surface area contributed by atoms with E-state index in [9.17, 15) is 0 Å². The van der Waals surface area contributed by atoms with Crippen LogP contribution in [0.5, 0.6) is 0 Å². The van der Waals surface area contributed by atoms with Crippen molar-refractivity contribution in [1.82, 2.24) is 15.3 Å². The molecule has 2 aromatic rings. The average Bonchev–Trinajstić information content (AvgIpc) is 2.85. The molecule has 0 fully saturated rings. The van der Waals surface area contributed by atoms with Crippen LogP contribution in [0.3, 0.4) is 0 Å². The lowest BCUT2D eigenvalue weighted by atomic mass is 10.2. The summed E-state index contributed by atoms with van der Waals surface area (Å²) in [5.41, 5.74) is 7.34. The monoisotopic (exact) mass is 248 g/mol. The van der Waals surface area contributed by atoms with Gasteiger partial charge in [-0.3, -0.25) is 4.98 Å². The van der Waals surface area contributed by atoms with E-state index in [1.807, 2.05) is 23.7 Å². The minimum atomic E-state index is 0.295. The largest absolute Gasteiger partial charge is 0.397 e. The Morgan fingerprint density at radius 2 is 2.29 bits per heavy atom. The van der Waals surface area contributed by atoms with E-state index in [0.717, 1.165) is 23.7 Å². The summed E-state index contributed by atoms with van der Waals surface area (Å²) in [5, 5.41) is 6.54. The Morgan fingerprint density at radius 3 is 2.94 bits per heavy atom. The zero-order valence-corrected chi connectivity index (χ0v) is 10.6. The molecular formula is C12H16N4S. The smallest absolute Gasteiger partial charge is 0.109 e. The third-order valence-electron chi connectivity index (χ3n) is 2.50. The lowest BCUT2D eigenvalue weighted by Crippen LogP contribution is -2.21. The van der Waals surface area contributed by atoms with Gasteiger partial charge in [-0.2, -0.15) is 0 Å². The summed E-state index contributed by atoms with van der Waals surface area (Å²) < 4.78 is 0. The Morgan fingerprint density at radius 1 is 1.41 bits per heavy atom. The summed E-state index contributed by atoms with van der Waals surface area (Å²) in [6.07, 6.45) is 4.43. The second-order valence-electron chi connectivity index (χ2n) is 3.88. The van der Waals surface area contributed by atoms with Gasteiger partial charge in [-0.15, -0.1) is 11.3 Å². The lowest BCUT2D eigenvalue weighted by molar-refractivity contribution is 0.571. The third kappa shape index (κ3) is 3.51. The predicted octanol–water partition coefficient (Wildman–Crippen LogP) is 2.01. The molecule has 4 nitrogen and oxygen atoms in total. The molecule has 0 saturated carbocycles. The first kappa shape index (κ1) is 12.0. The van der Waals surface area contributed by atoms with Crippen molar-refractivity contribution in [3.05, 3.63) is 40.6 Å². The number of thiazole rings is 1. The van der Waals surface area contributed by atoms with Crippen LogP contribution in [0.1, 0.15) is 23.7 Å². The molecule has 0 bridgehead atoms. The van der Waals surface area contributed by atoms with Crippen molar-refractivity contribution in [2.75, 3.05) is 12.3 Å². The molecule has 17 heavy (non-hydrogen) atoms. The molecule has 0 saturated heterocycles. The van der Waals surface area contributed by atoms with Gasteiger partial charge in [0.15, 0.2) is 0 Å². The van der Waals surface area contributed by atoms with Crippen molar-refractivity contribution in [3.8, 4) is 0 Å². The van der Waals surface area contributed by atoms with Gasteiger partial charge in [0, 0.05) is 30.2 Å². The molecule has 1 unspecified atom stereocenters. The number of hydrogen-bond donors (Lipinski definition) is 2. The fraction of sp³-hybridized carbons (Fsp3) is 0.333. The highest BCUT2D eigenvalue weighted by molar-refractivity contribution is 7.09. The number of pyridine rings is 1. The maximum absolute atomic E-state index is 5.58. The predicted molar refractivity (Wildman–Crippen MR) is 70.9 cm³/mol. The van der Waals surface area contributed by atoms with Crippen LogP contribution in [0, 0.1) is 0 Å². The van der Waals surface area contributed by atoms with Crippen molar-refractivity contribution >= 4 is 17.0 Å². The fourth-order valence-corrected chi connectivity index (χ4v) is 2.21. The molecule has 2 aromatic heterocycles. The number of rotatable bonds is 5. The van der Waals surface area contributed by atoms with Crippen LogP contribution < -0.4 is 11.1 Å². The molecule has 90 valence electrons. The molecule has 0 amide bonds. The van der Waals surface area contributed by atoms with Crippen molar-refractivity contribution in [2.24, 2.45) is 0 Å². The summed E-state index contributed by atoms with van der Waals surface area (Å²) in [4.78, 5) is 8.54. The van der Waals surface area contributed by atoms with Gasteiger partial charge in [-0.1, -0.05) is 0 Å². The molecular weight excluding hydrogens is 232 g/mol. The quantitative estimate of drug-likeness (QED) is 0.849. The van der Waals surface area contributed by atoms with Gasteiger partial charge in [0.05, 0.1) is 17.9 Å². The van der Waals surface area contributed by atoms with E-state index < -0.39 is 0 Å². The van der Waals surface area contributed by atoms with Gasteiger partial charge in [0.2, 0.25) is 0 Å². The zero-order valence-electron chi connectivity index (χ0n) is 9.76. The molecule has 2 heterocycles. The summed E-state index contributed by atoms with van der Waals surface area (Å²) >= 11 is 1.67. The number of anilines is 1. The number of nitrogens with zero attached hydrogens (tertiary/aromatic N) is 2. The zero-order chi connectivity index (χ0) is 12.1. The first-order chi connectivity index (χ1) is 8.25. The van der Waals surface area contributed by atoms with E-state index in [1.165, 1.54) is 0 Å². The lowest BCUT2D eigenvalue weighted by Gasteiger charge is -2.10. The summed E-state index contributed by atoms with van der Waals surface area (Å²) in [5.74, 6) is 0. The van der Waals surface area contributed by atoms with E-state index in [-0.39, 0.29) is 0 Å². The van der Waals surface area contributed by atoms with Crippen LogP contribution in [-0.2, 0) is 6.42 Å². The number of nitrogens with two attached hydrogens (primary N) is 1. The number of hydrogen-bond acceptors (Lipinski definition) is 5.